The van der Waals surface area contributed by atoms with Gasteiger partial charge in [-0.2, -0.15) is 0 Å². The van der Waals surface area contributed by atoms with E-state index in [1.165, 1.54) is 0 Å². The van der Waals surface area contributed by atoms with E-state index in [1.807, 2.05) is 29.2 Å². The third-order valence-electron chi connectivity index (χ3n) is 6.24. The Morgan fingerprint density at radius 2 is 1.96 bits per heavy atom. The van der Waals surface area contributed by atoms with Gasteiger partial charge in [0.25, 0.3) is 0 Å². The summed E-state index contributed by atoms with van der Waals surface area (Å²) >= 11 is 6.16. The molecule has 154 valence electrons. The summed E-state index contributed by atoms with van der Waals surface area (Å²) in [4.78, 5) is 31.9. The summed E-state index contributed by atoms with van der Waals surface area (Å²) in [6.45, 7) is 5.68. The monoisotopic (exact) mass is 426 g/mol. The molecule has 1 aromatic carbocycles. The first-order valence-corrected chi connectivity index (χ1v) is 10.2. The molecule has 0 spiro atoms. The summed E-state index contributed by atoms with van der Waals surface area (Å²) < 4.78 is 0. The predicted molar refractivity (Wildman–Crippen MR) is 112 cm³/mol. The molecule has 8 heteroatoms. The molecule has 1 N–H and O–H groups in total. The third-order valence-corrected chi connectivity index (χ3v) is 6.47. The molecule has 3 heterocycles. The van der Waals surface area contributed by atoms with Gasteiger partial charge in [-0.3, -0.25) is 14.5 Å². The van der Waals surface area contributed by atoms with Gasteiger partial charge in [0.2, 0.25) is 11.8 Å². The van der Waals surface area contributed by atoms with Crippen LogP contribution in [0.15, 0.2) is 24.3 Å². The molecule has 4 rings (SSSR count). The van der Waals surface area contributed by atoms with Crippen LogP contribution < -0.4 is 5.32 Å². The van der Waals surface area contributed by atoms with E-state index in [4.69, 9.17) is 11.6 Å². The van der Waals surface area contributed by atoms with Gasteiger partial charge < -0.3 is 15.1 Å². The molecule has 3 fully saturated rings. The molecule has 3 unspecified atom stereocenters. The van der Waals surface area contributed by atoms with Gasteiger partial charge in [-0.05, 0) is 24.1 Å². The van der Waals surface area contributed by atoms with E-state index in [0.717, 1.165) is 51.3 Å². The second kappa shape index (κ2) is 8.99. The minimum atomic E-state index is -0.331. The van der Waals surface area contributed by atoms with Gasteiger partial charge in [-0.1, -0.05) is 23.7 Å². The second-order valence-electron chi connectivity index (χ2n) is 7.83. The van der Waals surface area contributed by atoms with Gasteiger partial charge in [0.15, 0.2) is 0 Å². The number of nitrogens with one attached hydrogen (secondary N) is 1. The Hall–Kier alpha value is -1.34. The lowest BCUT2D eigenvalue weighted by atomic mass is 9.92. The zero-order chi connectivity index (χ0) is 19.0. The quantitative estimate of drug-likeness (QED) is 0.800. The number of halogens is 2. The summed E-state index contributed by atoms with van der Waals surface area (Å²) in [5, 5.41) is 4.01. The number of rotatable bonds is 3. The Bertz CT molecular complexity index is 726. The average molecular weight is 427 g/mol. The van der Waals surface area contributed by atoms with E-state index in [1.54, 1.807) is 11.9 Å². The average Bonchev–Trinajstić information content (AvgIpc) is 3.28. The highest BCUT2D eigenvalue weighted by molar-refractivity contribution is 6.30. The van der Waals surface area contributed by atoms with Crippen molar-refractivity contribution >= 4 is 35.8 Å². The molecule has 3 saturated heterocycles. The Kier molecular flexibility index (Phi) is 6.86. The highest BCUT2D eigenvalue weighted by Gasteiger charge is 2.45. The number of likely N-dealkylation sites (tertiary alicyclic amines) is 2. The van der Waals surface area contributed by atoms with E-state index < -0.39 is 0 Å². The van der Waals surface area contributed by atoms with Crippen molar-refractivity contribution in [3.63, 3.8) is 0 Å². The first-order valence-electron chi connectivity index (χ1n) is 9.79. The van der Waals surface area contributed by atoms with Crippen molar-refractivity contribution in [2.45, 2.75) is 24.9 Å². The molecule has 1 aromatic rings. The molecular formula is C20H28Cl2N4O2. The topological polar surface area (TPSA) is 55.9 Å². The van der Waals surface area contributed by atoms with Gasteiger partial charge in [0, 0.05) is 63.8 Å². The number of carbonyl (C=O) groups is 2. The summed E-state index contributed by atoms with van der Waals surface area (Å²) in [7, 11) is 1.79. The molecule has 0 aliphatic carbocycles. The van der Waals surface area contributed by atoms with E-state index in [9.17, 15) is 9.59 Å². The van der Waals surface area contributed by atoms with Crippen LogP contribution in [0.25, 0.3) is 0 Å². The van der Waals surface area contributed by atoms with Crippen molar-refractivity contribution in [3.8, 4) is 0 Å². The third kappa shape index (κ3) is 4.15. The van der Waals surface area contributed by atoms with Crippen LogP contribution in [0.5, 0.6) is 0 Å². The van der Waals surface area contributed by atoms with E-state index in [0.29, 0.717) is 11.1 Å². The van der Waals surface area contributed by atoms with Crippen LogP contribution in [0.2, 0.25) is 5.02 Å². The van der Waals surface area contributed by atoms with Crippen molar-refractivity contribution in [1.29, 1.82) is 0 Å². The van der Waals surface area contributed by atoms with Crippen LogP contribution >= 0.6 is 24.0 Å². The van der Waals surface area contributed by atoms with Crippen LogP contribution in [-0.4, -0.2) is 78.9 Å². The van der Waals surface area contributed by atoms with Crippen LogP contribution in [0, 0.1) is 5.92 Å². The van der Waals surface area contributed by atoms with Gasteiger partial charge in [-0.15, -0.1) is 12.4 Å². The molecule has 0 radical (unpaired) electrons. The fraction of sp³-hybridized carbons (Fsp3) is 0.600. The van der Waals surface area contributed by atoms with Gasteiger partial charge in [0.05, 0.1) is 12.0 Å². The summed E-state index contributed by atoms with van der Waals surface area (Å²) in [6.07, 6.45) is 1.30. The molecule has 3 atom stereocenters. The van der Waals surface area contributed by atoms with Gasteiger partial charge in [0.1, 0.15) is 0 Å². The number of piperazine rings is 1. The second-order valence-corrected chi connectivity index (χ2v) is 8.26. The number of hydrogen-bond acceptors (Lipinski definition) is 4. The molecule has 0 saturated carbocycles. The number of nitrogens with zero attached hydrogens (tertiary/aromatic N) is 3. The normalized spacial score (nSPS) is 28.5. The van der Waals surface area contributed by atoms with Crippen molar-refractivity contribution in [1.82, 2.24) is 20.0 Å². The van der Waals surface area contributed by atoms with Gasteiger partial charge in [-0.25, -0.2) is 0 Å². The first kappa shape index (κ1) is 21.4. The van der Waals surface area contributed by atoms with Gasteiger partial charge >= 0.3 is 0 Å². The largest absolute Gasteiger partial charge is 0.341 e. The van der Waals surface area contributed by atoms with Crippen molar-refractivity contribution < 1.29 is 9.59 Å². The van der Waals surface area contributed by atoms with E-state index in [2.05, 4.69) is 10.2 Å². The lowest BCUT2D eigenvalue weighted by Gasteiger charge is -2.33. The molecule has 3 aliphatic heterocycles. The number of amides is 2. The molecular weight excluding hydrogens is 399 g/mol. The maximum Gasteiger partial charge on any atom is 0.228 e. The SMILES string of the molecule is CN1C(=O)CC(C(=O)N2CCC(N3CCNCC3)C2)C1c1cccc(Cl)c1.Cl. The van der Waals surface area contributed by atoms with Crippen LogP contribution in [0.3, 0.4) is 0 Å². The van der Waals surface area contributed by atoms with E-state index >= 15 is 0 Å². The maximum absolute atomic E-state index is 13.3. The van der Waals surface area contributed by atoms with E-state index in [-0.39, 0.29) is 42.6 Å². The van der Waals surface area contributed by atoms with Crippen molar-refractivity contribution in [2.24, 2.45) is 5.92 Å². The number of benzene rings is 1. The van der Waals surface area contributed by atoms with Crippen molar-refractivity contribution in [3.05, 3.63) is 34.9 Å². The number of carbonyl (C=O) groups excluding carboxylic acids is 2. The zero-order valence-electron chi connectivity index (χ0n) is 16.1. The highest BCUT2D eigenvalue weighted by atomic mass is 35.5. The Balaban J connectivity index is 0.00000225. The molecule has 6 nitrogen and oxygen atoms in total. The predicted octanol–water partition coefficient (Wildman–Crippen LogP) is 1.79. The first-order chi connectivity index (χ1) is 13.0. The highest BCUT2D eigenvalue weighted by Crippen LogP contribution is 2.39. The van der Waals surface area contributed by atoms with Crippen molar-refractivity contribution in [2.75, 3.05) is 46.3 Å². The lowest BCUT2D eigenvalue weighted by molar-refractivity contribution is -0.135. The van der Waals surface area contributed by atoms with Crippen LogP contribution in [-0.2, 0) is 9.59 Å². The van der Waals surface area contributed by atoms with Crippen LogP contribution in [0.1, 0.15) is 24.4 Å². The Labute approximate surface area is 177 Å². The maximum atomic E-state index is 13.3. The summed E-state index contributed by atoms with van der Waals surface area (Å²) in [5.74, 6) is -0.200. The standard InChI is InChI=1S/C20H27ClN4O2.ClH/c1-23-18(26)12-17(19(23)14-3-2-4-15(21)11-14)20(27)25-8-5-16(13-25)24-9-6-22-7-10-24;/h2-4,11,16-17,19,22H,5-10,12-13H2,1H3;1H. The summed E-state index contributed by atoms with van der Waals surface area (Å²) in [5.41, 5.74) is 0.937. The molecule has 2 amide bonds. The molecule has 0 aromatic heterocycles. The smallest absolute Gasteiger partial charge is 0.228 e. The Morgan fingerprint density at radius 1 is 1.21 bits per heavy atom. The fourth-order valence-electron chi connectivity index (χ4n) is 4.76. The molecule has 28 heavy (non-hydrogen) atoms. The summed E-state index contributed by atoms with van der Waals surface area (Å²) in [6, 6.07) is 7.73. The minimum Gasteiger partial charge on any atom is -0.341 e. The zero-order valence-corrected chi connectivity index (χ0v) is 17.7. The lowest BCUT2D eigenvalue weighted by Crippen LogP contribution is -2.49. The number of hydrogen-bond donors (Lipinski definition) is 1. The molecule has 3 aliphatic rings. The van der Waals surface area contributed by atoms with Crippen LogP contribution in [0.4, 0.5) is 0 Å². The molecule has 0 bridgehead atoms. The fourth-order valence-corrected chi connectivity index (χ4v) is 4.96. The minimum absolute atomic E-state index is 0. The Morgan fingerprint density at radius 3 is 2.68 bits per heavy atom.